The zero-order chi connectivity index (χ0) is 14.8. The maximum atomic E-state index is 11.7. The van der Waals surface area contributed by atoms with E-state index in [0.717, 1.165) is 24.1 Å². The van der Waals surface area contributed by atoms with Crippen LogP contribution in [-0.4, -0.2) is 18.4 Å². The molecule has 5 heteroatoms. The molecule has 0 saturated carbocycles. The highest BCUT2D eigenvalue weighted by Gasteiger charge is 2.14. The summed E-state index contributed by atoms with van der Waals surface area (Å²) >= 11 is 1.56. The van der Waals surface area contributed by atoms with Gasteiger partial charge in [-0.1, -0.05) is 39.2 Å². The van der Waals surface area contributed by atoms with Gasteiger partial charge in [-0.05, 0) is 23.8 Å². The minimum atomic E-state index is -0.552. The third-order valence-electron chi connectivity index (χ3n) is 3.30. The second-order valence-electron chi connectivity index (χ2n) is 4.89. The summed E-state index contributed by atoms with van der Waals surface area (Å²) in [5.41, 5.74) is 0. The number of nitrogens with one attached hydrogen (secondary N) is 2. The van der Waals surface area contributed by atoms with Crippen LogP contribution in [0.3, 0.4) is 0 Å². The highest BCUT2D eigenvalue weighted by Crippen LogP contribution is 2.11. The molecule has 4 nitrogen and oxygen atoms in total. The van der Waals surface area contributed by atoms with Crippen LogP contribution < -0.4 is 10.6 Å². The van der Waals surface area contributed by atoms with Gasteiger partial charge < -0.3 is 10.6 Å². The van der Waals surface area contributed by atoms with Crippen molar-refractivity contribution in [3.05, 3.63) is 22.4 Å². The zero-order valence-corrected chi connectivity index (χ0v) is 13.1. The average molecular weight is 296 g/mol. The predicted octanol–water partition coefficient (Wildman–Crippen LogP) is 2.70. The number of hydrogen-bond acceptors (Lipinski definition) is 3. The Morgan fingerprint density at radius 1 is 1.25 bits per heavy atom. The third-order valence-corrected chi connectivity index (χ3v) is 4.18. The van der Waals surface area contributed by atoms with E-state index in [2.05, 4.69) is 24.5 Å². The number of unbranched alkanes of at least 4 members (excludes halogenated alkanes) is 1. The van der Waals surface area contributed by atoms with E-state index >= 15 is 0 Å². The van der Waals surface area contributed by atoms with Crippen molar-refractivity contribution in [2.75, 3.05) is 6.54 Å². The van der Waals surface area contributed by atoms with Crippen LogP contribution in [0.5, 0.6) is 0 Å². The second kappa shape index (κ2) is 9.53. The lowest BCUT2D eigenvalue weighted by Gasteiger charge is -2.14. The lowest BCUT2D eigenvalue weighted by Crippen LogP contribution is -2.41. The molecule has 0 aliphatic rings. The van der Waals surface area contributed by atoms with E-state index in [1.165, 1.54) is 6.42 Å². The summed E-state index contributed by atoms with van der Waals surface area (Å²) in [5, 5.41) is 7.30. The molecular formula is C15H24N2O2S. The van der Waals surface area contributed by atoms with E-state index in [9.17, 15) is 9.59 Å². The molecule has 0 aliphatic heterocycles. The van der Waals surface area contributed by atoms with Gasteiger partial charge in [0.15, 0.2) is 0 Å². The molecule has 0 fully saturated rings. The van der Waals surface area contributed by atoms with E-state index in [1.54, 1.807) is 11.3 Å². The number of thiophene rings is 1. The molecule has 1 aromatic heterocycles. The Bertz CT molecular complexity index is 404. The Hall–Kier alpha value is -1.36. The van der Waals surface area contributed by atoms with Crippen LogP contribution in [0.15, 0.2) is 17.5 Å². The van der Waals surface area contributed by atoms with E-state index in [0.29, 0.717) is 19.0 Å². The molecule has 0 aromatic carbocycles. The van der Waals surface area contributed by atoms with Crippen molar-refractivity contribution in [3.8, 4) is 0 Å². The predicted molar refractivity (Wildman–Crippen MR) is 82.5 cm³/mol. The molecule has 2 amide bonds. The lowest BCUT2D eigenvalue weighted by molar-refractivity contribution is -0.139. The van der Waals surface area contributed by atoms with Crippen LogP contribution in [0.4, 0.5) is 0 Å². The SMILES string of the molecule is CCCC[C@@H](CC)CNC(=O)C(=O)NCc1cccs1. The summed E-state index contributed by atoms with van der Waals surface area (Å²) in [7, 11) is 0. The quantitative estimate of drug-likeness (QED) is 0.725. The van der Waals surface area contributed by atoms with E-state index in [4.69, 9.17) is 0 Å². The van der Waals surface area contributed by atoms with Crippen molar-refractivity contribution in [2.45, 2.75) is 46.1 Å². The Morgan fingerprint density at radius 3 is 2.60 bits per heavy atom. The largest absolute Gasteiger partial charge is 0.348 e. The van der Waals surface area contributed by atoms with E-state index in [-0.39, 0.29) is 0 Å². The smallest absolute Gasteiger partial charge is 0.309 e. The van der Waals surface area contributed by atoms with E-state index in [1.807, 2.05) is 17.5 Å². The number of hydrogen-bond donors (Lipinski definition) is 2. The summed E-state index contributed by atoms with van der Waals surface area (Å²) in [6.07, 6.45) is 4.45. The van der Waals surface area contributed by atoms with Gasteiger partial charge in [-0.15, -0.1) is 11.3 Å². The van der Waals surface area contributed by atoms with Gasteiger partial charge in [0.1, 0.15) is 0 Å². The van der Waals surface area contributed by atoms with Gasteiger partial charge in [0.2, 0.25) is 0 Å². The van der Waals surface area contributed by atoms with Crippen molar-refractivity contribution in [1.29, 1.82) is 0 Å². The molecular weight excluding hydrogens is 272 g/mol. The number of carbonyl (C=O) groups is 2. The fraction of sp³-hybridized carbons (Fsp3) is 0.600. The van der Waals surface area contributed by atoms with Crippen LogP contribution in [-0.2, 0) is 16.1 Å². The van der Waals surface area contributed by atoms with Gasteiger partial charge in [0, 0.05) is 11.4 Å². The van der Waals surface area contributed by atoms with Crippen LogP contribution in [0.2, 0.25) is 0 Å². The molecule has 0 saturated heterocycles. The molecule has 0 spiro atoms. The Labute approximate surface area is 125 Å². The first kappa shape index (κ1) is 16.7. The molecule has 0 aliphatic carbocycles. The Morgan fingerprint density at radius 2 is 2.00 bits per heavy atom. The molecule has 0 radical (unpaired) electrons. The molecule has 1 atom stereocenters. The lowest BCUT2D eigenvalue weighted by atomic mass is 9.99. The zero-order valence-electron chi connectivity index (χ0n) is 12.3. The summed E-state index contributed by atoms with van der Waals surface area (Å²) in [6.45, 7) is 5.27. The maximum Gasteiger partial charge on any atom is 0.309 e. The van der Waals surface area contributed by atoms with Crippen molar-refractivity contribution < 1.29 is 9.59 Å². The summed E-state index contributed by atoms with van der Waals surface area (Å²) in [5.74, 6) is -0.621. The van der Waals surface area contributed by atoms with Gasteiger partial charge in [-0.2, -0.15) is 0 Å². The maximum absolute atomic E-state index is 11.7. The first-order valence-corrected chi connectivity index (χ1v) is 8.13. The Kier molecular flexibility index (Phi) is 7.95. The number of rotatable bonds is 8. The minimum absolute atomic E-state index is 0.414. The van der Waals surface area contributed by atoms with Gasteiger partial charge in [-0.3, -0.25) is 9.59 Å². The molecule has 112 valence electrons. The van der Waals surface area contributed by atoms with Crippen LogP contribution >= 0.6 is 11.3 Å². The van der Waals surface area contributed by atoms with Crippen LogP contribution in [0.1, 0.15) is 44.4 Å². The molecule has 1 heterocycles. The normalized spacial score (nSPS) is 11.9. The second-order valence-corrected chi connectivity index (χ2v) is 5.92. The van der Waals surface area contributed by atoms with E-state index < -0.39 is 11.8 Å². The van der Waals surface area contributed by atoms with Gasteiger partial charge in [0.05, 0.1) is 6.54 Å². The first-order chi connectivity index (χ1) is 9.67. The standard InChI is InChI=1S/C15H24N2O2S/c1-3-5-7-12(4-2)10-16-14(18)15(19)17-11-13-8-6-9-20-13/h6,8-9,12H,3-5,7,10-11H2,1-2H3,(H,16,18)(H,17,19)/t12-/m1/s1. The van der Waals surface area contributed by atoms with Gasteiger partial charge in [0.25, 0.3) is 0 Å². The molecule has 0 bridgehead atoms. The molecule has 0 unspecified atom stereocenters. The van der Waals surface area contributed by atoms with Crippen molar-refractivity contribution in [1.82, 2.24) is 10.6 Å². The third kappa shape index (κ3) is 6.19. The molecule has 2 N–H and O–H groups in total. The summed E-state index contributed by atoms with van der Waals surface area (Å²) in [6, 6.07) is 3.85. The fourth-order valence-electron chi connectivity index (χ4n) is 1.92. The summed E-state index contributed by atoms with van der Waals surface area (Å²) in [4.78, 5) is 24.4. The van der Waals surface area contributed by atoms with Gasteiger partial charge in [-0.25, -0.2) is 0 Å². The first-order valence-electron chi connectivity index (χ1n) is 7.25. The molecule has 20 heavy (non-hydrogen) atoms. The van der Waals surface area contributed by atoms with Crippen molar-refractivity contribution in [2.24, 2.45) is 5.92 Å². The monoisotopic (exact) mass is 296 g/mol. The topological polar surface area (TPSA) is 58.2 Å². The average Bonchev–Trinajstić information content (AvgIpc) is 2.98. The highest BCUT2D eigenvalue weighted by atomic mass is 32.1. The van der Waals surface area contributed by atoms with Crippen LogP contribution in [0, 0.1) is 5.92 Å². The van der Waals surface area contributed by atoms with Crippen molar-refractivity contribution in [3.63, 3.8) is 0 Å². The van der Waals surface area contributed by atoms with Crippen molar-refractivity contribution >= 4 is 23.2 Å². The van der Waals surface area contributed by atoms with Gasteiger partial charge >= 0.3 is 11.8 Å². The fourth-order valence-corrected chi connectivity index (χ4v) is 2.57. The Balaban J connectivity index is 2.25. The minimum Gasteiger partial charge on any atom is -0.348 e. The molecule has 1 aromatic rings. The summed E-state index contributed by atoms with van der Waals surface area (Å²) < 4.78 is 0. The number of amides is 2. The number of carbonyl (C=O) groups excluding carboxylic acids is 2. The van der Waals surface area contributed by atoms with Crippen LogP contribution in [0.25, 0.3) is 0 Å². The molecule has 1 rings (SSSR count). The highest BCUT2D eigenvalue weighted by molar-refractivity contribution is 7.09.